The number of ketones is 1. The predicted molar refractivity (Wildman–Crippen MR) is 307 cm³/mol. The number of thiocarbonyl (C=S) groups is 1. The molecule has 78 heavy (non-hydrogen) atoms. The minimum Gasteiger partial charge on any atom is -0.508 e. The fourth-order valence-corrected chi connectivity index (χ4v) is 9.72. The van der Waals surface area contributed by atoms with Gasteiger partial charge in [-0.25, -0.2) is 0 Å². The third-order valence-corrected chi connectivity index (χ3v) is 13.8. The number of nitrogens with zero attached hydrogens (tertiary/aromatic N) is 4. The molecule has 1 aromatic heterocycles. The highest BCUT2D eigenvalue weighted by atomic mass is 32.2. The first kappa shape index (κ1) is 60.4. The number of thiocyanates is 1. The van der Waals surface area contributed by atoms with Gasteiger partial charge in [0.15, 0.2) is 5.82 Å². The standard InChI is InChI=1S/C20H20N4O3.C18H19NO2S.C10H12O.C8H7NOS.C3H5NO2.H3N/c1-27-14-9-7-13(8-10-14)24-19(22-23-20(24)18(21)26)17-15-5-3-2-4-12(15)6-11-16(17)25;1-21-14-9-7-13(8-10-14)19-18(22)17-15-5-3-2-4-12(15)6-11-16(17)20;11-10-6-5-8-3-1-2-4-9(8)7-10;1-10-7-2-4-8(5-3-7)11-6-9;1-2(5)3(4)6;/h6-11,25H,2-5H2,1H3,(H2,21,26);6-11,20H,2-5H2,1H3,(H,19,22);5-7,11H,1-4H2;2-5H,1H3;1H3,(H2,4,6);1H3. The summed E-state index contributed by atoms with van der Waals surface area (Å²) in [5, 5.41) is 51.8. The molecule has 2 amide bonds. The zero-order chi connectivity index (χ0) is 55.4. The van der Waals surface area contributed by atoms with Gasteiger partial charge in [-0.1, -0.05) is 30.4 Å². The van der Waals surface area contributed by atoms with Crippen LogP contribution in [0.1, 0.15) is 95.0 Å². The van der Waals surface area contributed by atoms with E-state index in [-0.39, 0.29) is 23.5 Å². The molecule has 0 spiro atoms. The molecular formula is C59H66N8O9S2. The number of fused-ring (bicyclic) bond motifs is 3. The number of aromatic nitrogens is 3. The number of nitrogens with one attached hydrogen (secondary N) is 1. The number of methoxy groups -OCH3 is 3. The van der Waals surface area contributed by atoms with Crippen LogP contribution in [0.4, 0.5) is 5.69 Å². The molecule has 0 radical (unpaired) electrons. The van der Waals surface area contributed by atoms with E-state index in [1.165, 1.54) is 53.5 Å². The smallest absolute Gasteiger partial charge is 0.287 e. The van der Waals surface area contributed by atoms with E-state index in [1.54, 1.807) is 68.4 Å². The Morgan fingerprint density at radius 1 is 0.641 bits per heavy atom. The number of ether oxygens (including phenoxy) is 3. The number of primary amides is 2. The van der Waals surface area contributed by atoms with Crippen molar-refractivity contribution in [3.63, 3.8) is 0 Å². The molecule has 11 N–H and O–H groups in total. The number of Topliss-reactive ketones (excluding diaryl/α,β-unsaturated/α-hetero) is 1. The third kappa shape index (κ3) is 16.3. The Kier molecular flexibility index (Phi) is 23.0. The summed E-state index contributed by atoms with van der Waals surface area (Å²) >= 11 is 6.68. The normalized spacial score (nSPS) is 12.4. The minimum absolute atomic E-state index is 0. The van der Waals surface area contributed by atoms with Crippen LogP contribution in [0.15, 0.2) is 120 Å². The summed E-state index contributed by atoms with van der Waals surface area (Å²) in [4.78, 5) is 32.7. The molecule has 10 rings (SSSR count). The van der Waals surface area contributed by atoms with Gasteiger partial charge >= 0.3 is 0 Å². The minimum atomic E-state index is -0.880. The largest absolute Gasteiger partial charge is 0.508 e. The number of aromatic hydroxyl groups is 3. The molecule has 3 aliphatic rings. The number of phenols is 3. The van der Waals surface area contributed by atoms with Crippen LogP contribution in [-0.2, 0) is 48.1 Å². The molecule has 0 bridgehead atoms. The maximum Gasteiger partial charge on any atom is 0.287 e. The number of thioether (sulfide) groups is 1. The van der Waals surface area contributed by atoms with Crippen LogP contribution in [0.3, 0.4) is 0 Å². The van der Waals surface area contributed by atoms with Gasteiger partial charge in [0, 0.05) is 23.2 Å². The number of aryl methyl sites for hydroxylation is 4. The SMILES string of the molecule is CC(=O)C(N)=O.COc1ccc(-n2c(C(N)=O)nnc2-c2c(O)ccc3c2CCCC3)cc1.COc1ccc(NC(=S)c2c(O)ccc3c2CCCC3)cc1.COc1ccc(SC#N)cc1.N.Oc1ccc2c(c1)CCCC2. The van der Waals surface area contributed by atoms with Crippen molar-refractivity contribution >= 4 is 52.3 Å². The van der Waals surface area contributed by atoms with Crippen molar-refractivity contribution in [2.45, 2.75) is 88.9 Å². The number of amides is 2. The Bertz CT molecular complexity index is 3200. The van der Waals surface area contributed by atoms with Gasteiger partial charge in [0.1, 0.15) is 44.9 Å². The number of hydrogen-bond acceptors (Lipinski definition) is 15. The van der Waals surface area contributed by atoms with Crippen LogP contribution in [0, 0.1) is 10.7 Å². The Balaban J connectivity index is 0.000000195. The number of phenolic OH excluding ortho intramolecular Hbond substituents is 3. The van der Waals surface area contributed by atoms with Crippen molar-refractivity contribution in [2.24, 2.45) is 11.5 Å². The highest BCUT2D eigenvalue weighted by Crippen LogP contribution is 2.39. The lowest BCUT2D eigenvalue weighted by Gasteiger charge is -2.21. The molecule has 408 valence electrons. The first-order valence-corrected chi connectivity index (χ1v) is 26.2. The topological polar surface area (TPSA) is 293 Å². The van der Waals surface area contributed by atoms with Crippen LogP contribution in [0.2, 0.25) is 0 Å². The summed E-state index contributed by atoms with van der Waals surface area (Å²) in [5.41, 5.74) is 20.4. The second kappa shape index (κ2) is 29.8. The lowest BCUT2D eigenvalue weighted by Crippen LogP contribution is -2.19. The zero-order valence-corrected chi connectivity index (χ0v) is 45.8. The molecule has 0 unspecified atom stereocenters. The molecule has 3 aliphatic carbocycles. The molecule has 0 fully saturated rings. The number of anilines is 1. The van der Waals surface area contributed by atoms with Gasteiger partial charge in [-0.15, -0.1) is 10.2 Å². The average molecular weight is 1100 g/mol. The highest BCUT2D eigenvalue weighted by Gasteiger charge is 2.26. The predicted octanol–water partition coefficient (Wildman–Crippen LogP) is 10.5. The van der Waals surface area contributed by atoms with Gasteiger partial charge < -0.3 is 52.5 Å². The van der Waals surface area contributed by atoms with E-state index in [2.05, 4.69) is 21.2 Å². The summed E-state index contributed by atoms with van der Waals surface area (Å²) in [6.45, 7) is 1.13. The van der Waals surface area contributed by atoms with Crippen molar-refractivity contribution < 1.29 is 43.9 Å². The number of benzene rings is 6. The summed E-state index contributed by atoms with van der Waals surface area (Å²) in [7, 11) is 4.84. The molecule has 7 aromatic rings. The Labute approximate surface area is 464 Å². The van der Waals surface area contributed by atoms with E-state index >= 15 is 0 Å². The Morgan fingerprint density at radius 3 is 1.65 bits per heavy atom. The van der Waals surface area contributed by atoms with Crippen LogP contribution >= 0.6 is 24.0 Å². The van der Waals surface area contributed by atoms with E-state index in [4.69, 9.17) is 37.4 Å². The molecule has 0 aliphatic heterocycles. The Morgan fingerprint density at radius 2 is 1.12 bits per heavy atom. The van der Waals surface area contributed by atoms with E-state index in [0.717, 1.165) is 103 Å². The van der Waals surface area contributed by atoms with Crippen molar-refractivity contribution in [3.8, 4) is 57.0 Å². The van der Waals surface area contributed by atoms with Crippen LogP contribution in [0.5, 0.6) is 34.5 Å². The fraction of sp³-hybridized carbons (Fsp3) is 0.271. The average Bonchev–Trinajstić information content (AvgIpc) is 3.91. The van der Waals surface area contributed by atoms with Gasteiger partial charge in [0.2, 0.25) is 11.6 Å². The van der Waals surface area contributed by atoms with Gasteiger partial charge in [-0.2, -0.15) is 5.26 Å². The van der Waals surface area contributed by atoms with Crippen LogP contribution < -0.4 is 37.1 Å². The van der Waals surface area contributed by atoms with Gasteiger partial charge in [0.05, 0.1) is 32.5 Å². The van der Waals surface area contributed by atoms with Crippen molar-refractivity contribution in [3.05, 3.63) is 160 Å². The quantitative estimate of drug-likeness (QED) is 0.0290. The number of rotatable bonds is 10. The zero-order valence-electron chi connectivity index (χ0n) is 44.2. The summed E-state index contributed by atoms with van der Waals surface area (Å²) < 4.78 is 16.9. The maximum atomic E-state index is 11.9. The third-order valence-electron chi connectivity index (χ3n) is 12.9. The first-order valence-electron chi connectivity index (χ1n) is 25.0. The number of nitriles is 1. The molecule has 0 saturated heterocycles. The second-order valence-corrected chi connectivity index (χ2v) is 19.3. The van der Waals surface area contributed by atoms with Gasteiger partial charge in [-0.3, -0.25) is 19.0 Å². The molecule has 19 heteroatoms. The van der Waals surface area contributed by atoms with Crippen molar-refractivity contribution in [2.75, 3.05) is 26.6 Å². The maximum absolute atomic E-state index is 11.9. The molecule has 17 nitrogen and oxygen atoms in total. The van der Waals surface area contributed by atoms with E-state index in [9.17, 15) is 29.7 Å². The summed E-state index contributed by atoms with van der Waals surface area (Å²) in [5.74, 6) is 1.34. The molecule has 1 heterocycles. The van der Waals surface area contributed by atoms with Gasteiger partial charge in [-0.05, 0) is 219 Å². The monoisotopic (exact) mass is 1090 g/mol. The number of carbonyl (C=O) groups excluding carboxylic acids is 3. The second-order valence-electron chi connectivity index (χ2n) is 18.0. The van der Waals surface area contributed by atoms with E-state index in [1.807, 2.05) is 78.2 Å². The van der Waals surface area contributed by atoms with E-state index in [0.29, 0.717) is 33.6 Å². The molecule has 0 saturated carbocycles. The first-order chi connectivity index (χ1) is 37.1. The van der Waals surface area contributed by atoms with Crippen molar-refractivity contribution in [1.29, 1.82) is 5.26 Å². The van der Waals surface area contributed by atoms with E-state index < -0.39 is 17.6 Å². The van der Waals surface area contributed by atoms with Crippen molar-refractivity contribution in [1.82, 2.24) is 20.9 Å². The lowest BCUT2D eigenvalue weighted by molar-refractivity contribution is -0.134. The fourth-order valence-electron chi connectivity index (χ4n) is 9.00. The number of hydrogen-bond donors (Lipinski definition) is 7. The van der Waals surface area contributed by atoms with Crippen LogP contribution in [0.25, 0.3) is 17.1 Å². The highest BCUT2D eigenvalue weighted by molar-refractivity contribution is 8.03. The molecule has 6 aromatic carbocycles. The number of nitrogens with two attached hydrogens (primary N) is 2. The van der Waals surface area contributed by atoms with Gasteiger partial charge in [0.25, 0.3) is 11.8 Å². The number of carbonyl (C=O) groups is 3. The van der Waals surface area contributed by atoms with Crippen LogP contribution in [-0.4, -0.2) is 74.0 Å². The Hall–Kier alpha value is -8.44. The molecule has 0 atom stereocenters. The lowest BCUT2D eigenvalue weighted by atomic mass is 9.87. The molecular weight excluding hydrogens is 1030 g/mol. The summed E-state index contributed by atoms with van der Waals surface area (Å²) in [6.07, 6.45) is 13.3. The summed E-state index contributed by atoms with van der Waals surface area (Å²) in [6, 6.07) is 35.2.